The lowest BCUT2D eigenvalue weighted by atomic mass is 10.1. The SMILES string of the molecule is CCOC(=O)CCC(=O)N[C@H](C)c1cccc(C)c1. The van der Waals surface area contributed by atoms with Crippen LogP contribution in [0.1, 0.15) is 43.9 Å². The van der Waals surface area contributed by atoms with Gasteiger partial charge in [0.2, 0.25) is 5.91 Å². The van der Waals surface area contributed by atoms with E-state index in [0.29, 0.717) is 6.61 Å². The molecule has 1 atom stereocenters. The molecule has 1 N–H and O–H groups in total. The Kier molecular flexibility index (Phi) is 6.06. The van der Waals surface area contributed by atoms with Gasteiger partial charge >= 0.3 is 5.97 Å². The highest BCUT2D eigenvalue weighted by atomic mass is 16.5. The smallest absolute Gasteiger partial charge is 0.306 e. The maximum atomic E-state index is 11.7. The summed E-state index contributed by atoms with van der Waals surface area (Å²) < 4.78 is 4.78. The molecule has 0 spiro atoms. The second kappa shape index (κ2) is 7.56. The number of rotatable bonds is 6. The molecule has 0 bridgehead atoms. The molecule has 0 aliphatic carbocycles. The topological polar surface area (TPSA) is 55.4 Å². The van der Waals surface area contributed by atoms with Crippen molar-refractivity contribution in [1.82, 2.24) is 5.32 Å². The number of esters is 1. The van der Waals surface area contributed by atoms with Gasteiger partial charge in [0, 0.05) is 6.42 Å². The van der Waals surface area contributed by atoms with E-state index in [-0.39, 0.29) is 30.8 Å². The minimum absolute atomic E-state index is 0.0606. The van der Waals surface area contributed by atoms with E-state index in [9.17, 15) is 9.59 Å². The van der Waals surface area contributed by atoms with Crippen LogP contribution in [-0.4, -0.2) is 18.5 Å². The van der Waals surface area contributed by atoms with Gasteiger partial charge in [-0.15, -0.1) is 0 Å². The molecule has 0 aromatic heterocycles. The molecule has 0 aliphatic heterocycles. The molecular formula is C15H21NO3. The van der Waals surface area contributed by atoms with Gasteiger partial charge in [0.1, 0.15) is 0 Å². The first-order chi connectivity index (χ1) is 9.02. The Morgan fingerprint density at radius 1 is 1.32 bits per heavy atom. The van der Waals surface area contributed by atoms with E-state index < -0.39 is 0 Å². The third kappa shape index (κ3) is 5.55. The van der Waals surface area contributed by atoms with Gasteiger partial charge < -0.3 is 10.1 Å². The highest BCUT2D eigenvalue weighted by molar-refractivity contribution is 5.81. The molecule has 0 fully saturated rings. The summed E-state index contributed by atoms with van der Waals surface area (Å²) >= 11 is 0. The third-order valence-electron chi connectivity index (χ3n) is 2.78. The van der Waals surface area contributed by atoms with Crippen LogP contribution in [0.4, 0.5) is 0 Å². The summed E-state index contributed by atoms with van der Waals surface area (Å²) in [6.45, 7) is 6.04. The fraction of sp³-hybridized carbons (Fsp3) is 0.467. The van der Waals surface area contributed by atoms with Crippen LogP contribution in [0.15, 0.2) is 24.3 Å². The lowest BCUT2D eigenvalue weighted by Crippen LogP contribution is -2.27. The van der Waals surface area contributed by atoms with Crippen molar-refractivity contribution in [3.8, 4) is 0 Å². The molecule has 1 aromatic carbocycles. The summed E-state index contributed by atoms with van der Waals surface area (Å²) in [6, 6.07) is 7.93. The predicted molar refractivity (Wildman–Crippen MR) is 73.6 cm³/mol. The molecule has 1 aromatic rings. The zero-order valence-corrected chi connectivity index (χ0v) is 11.7. The van der Waals surface area contributed by atoms with E-state index in [2.05, 4.69) is 5.32 Å². The number of carbonyl (C=O) groups is 2. The van der Waals surface area contributed by atoms with Crippen LogP contribution in [0.2, 0.25) is 0 Å². The predicted octanol–water partition coefficient (Wildman–Crippen LogP) is 2.52. The monoisotopic (exact) mass is 263 g/mol. The van der Waals surface area contributed by atoms with Gasteiger partial charge in [0.25, 0.3) is 0 Å². The molecule has 0 aliphatic rings. The number of aryl methyl sites for hydroxylation is 1. The second-order valence-electron chi connectivity index (χ2n) is 4.51. The van der Waals surface area contributed by atoms with E-state index in [0.717, 1.165) is 11.1 Å². The number of amides is 1. The number of hydrogen-bond donors (Lipinski definition) is 1. The van der Waals surface area contributed by atoms with Crippen molar-refractivity contribution < 1.29 is 14.3 Å². The van der Waals surface area contributed by atoms with Crippen molar-refractivity contribution >= 4 is 11.9 Å². The summed E-state index contributed by atoms with van der Waals surface area (Å²) in [4.78, 5) is 22.8. The van der Waals surface area contributed by atoms with Crippen molar-refractivity contribution in [3.63, 3.8) is 0 Å². The molecule has 4 heteroatoms. The van der Waals surface area contributed by atoms with E-state index in [4.69, 9.17) is 4.74 Å². The molecular weight excluding hydrogens is 242 g/mol. The van der Waals surface area contributed by atoms with Gasteiger partial charge in [-0.2, -0.15) is 0 Å². The largest absolute Gasteiger partial charge is 0.466 e. The molecule has 19 heavy (non-hydrogen) atoms. The van der Waals surface area contributed by atoms with Crippen molar-refractivity contribution in [2.75, 3.05) is 6.61 Å². The summed E-state index contributed by atoms with van der Waals surface area (Å²) in [5.74, 6) is -0.470. The molecule has 0 radical (unpaired) electrons. The summed E-state index contributed by atoms with van der Waals surface area (Å²) in [7, 11) is 0. The summed E-state index contributed by atoms with van der Waals surface area (Å²) in [5.41, 5.74) is 2.22. The van der Waals surface area contributed by atoms with Crippen LogP contribution in [-0.2, 0) is 14.3 Å². The molecule has 0 unspecified atom stereocenters. The van der Waals surface area contributed by atoms with Gasteiger partial charge in [0.05, 0.1) is 19.1 Å². The lowest BCUT2D eigenvalue weighted by Gasteiger charge is -2.14. The first-order valence-electron chi connectivity index (χ1n) is 6.54. The van der Waals surface area contributed by atoms with Crippen LogP contribution < -0.4 is 5.32 Å². The Labute approximate surface area is 114 Å². The Morgan fingerprint density at radius 2 is 2.05 bits per heavy atom. The van der Waals surface area contributed by atoms with E-state index in [1.54, 1.807) is 6.92 Å². The standard InChI is InChI=1S/C15H21NO3/c1-4-19-15(18)9-8-14(17)16-12(3)13-7-5-6-11(2)10-13/h5-7,10,12H,4,8-9H2,1-3H3,(H,16,17)/t12-/m1/s1. The Balaban J connectivity index is 2.42. The van der Waals surface area contributed by atoms with Gasteiger partial charge in [-0.25, -0.2) is 0 Å². The zero-order chi connectivity index (χ0) is 14.3. The number of ether oxygens (including phenoxy) is 1. The first-order valence-corrected chi connectivity index (χ1v) is 6.54. The highest BCUT2D eigenvalue weighted by Gasteiger charge is 2.11. The average molecular weight is 263 g/mol. The Bertz CT molecular complexity index is 443. The van der Waals surface area contributed by atoms with Gasteiger partial charge in [-0.1, -0.05) is 29.8 Å². The Morgan fingerprint density at radius 3 is 2.68 bits per heavy atom. The van der Waals surface area contributed by atoms with E-state index >= 15 is 0 Å². The van der Waals surface area contributed by atoms with Crippen molar-refractivity contribution in [1.29, 1.82) is 0 Å². The zero-order valence-electron chi connectivity index (χ0n) is 11.7. The number of benzene rings is 1. The van der Waals surface area contributed by atoms with Crippen molar-refractivity contribution in [2.45, 2.75) is 39.7 Å². The van der Waals surface area contributed by atoms with Crippen molar-refractivity contribution in [2.24, 2.45) is 0 Å². The number of carbonyl (C=O) groups excluding carboxylic acids is 2. The minimum atomic E-state index is -0.333. The molecule has 4 nitrogen and oxygen atoms in total. The van der Waals surface area contributed by atoms with Crippen LogP contribution >= 0.6 is 0 Å². The average Bonchev–Trinajstić information content (AvgIpc) is 2.36. The fourth-order valence-electron chi connectivity index (χ4n) is 1.79. The summed E-state index contributed by atoms with van der Waals surface area (Å²) in [6.07, 6.45) is 0.287. The van der Waals surface area contributed by atoms with E-state index in [1.807, 2.05) is 38.1 Å². The van der Waals surface area contributed by atoms with Gasteiger partial charge in [-0.05, 0) is 26.3 Å². The maximum absolute atomic E-state index is 11.7. The summed E-state index contributed by atoms with van der Waals surface area (Å²) in [5, 5.41) is 2.87. The molecule has 1 amide bonds. The maximum Gasteiger partial charge on any atom is 0.306 e. The highest BCUT2D eigenvalue weighted by Crippen LogP contribution is 2.13. The number of hydrogen-bond acceptors (Lipinski definition) is 3. The van der Waals surface area contributed by atoms with Gasteiger partial charge in [-0.3, -0.25) is 9.59 Å². The fourth-order valence-corrected chi connectivity index (χ4v) is 1.79. The first kappa shape index (κ1) is 15.2. The second-order valence-corrected chi connectivity index (χ2v) is 4.51. The van der Waals surface area contributed by atoms with Crippen LogP contribution in [0.5, 0.6) is 0 Å². The molecule has 0 saturated heterocycles. The molecule has 104 valence electrons. The van der Waals surface area contributed by atoms with Crippen LogP contribution in [0, 0.1) is 6.92 Å². The quantitative estimate of drug-likeness (QED) is 0.802. The van der Waals surface area contributed by atoms with Crippen LogP contribution in [0.3, 0.4) is 0 Å². The number of nitrogens with one attached hydrogen (secondary N) is 1. The van der Waals surface area contributed by atoms with Gasteiger partial charge in [0.15, 0.2) is 0 Å². The normalized spacial score (nSPS) is 11.7. The van der Waals surface area contributed by atoms with Crippen LogP contribution in [0.25, 0.3) is 0 Å². The molecule has 1 rings (SSSR count). The third-order valence-corrected chi connectivity index (χ3v) is 2.78. The minimum Gasteiger partial charge on any atom is -0.466 e. The lowest BCUT2D eigenvalue weighted by molar-refractivity contribution is -0.144. The molecule has 0 saturated carbocycles. The molecule has 0 heterocycles. The van der Waals surface area contributed by atoms with E-state index in [1.165, 1.54) is 0 Å². The Hall–Kier alpha value is -1.84. The van der Waals surface area contributed by atoms with Crippen molar-refractivity contribution in [3.05, 3.63) is 35.4 Å².